The minimum atomic E-state index is 0.245. The van der Waals surface area contributed by atoms with E-state index >= 15 is 0 Å². The lowest BCUT2D eigenvalue weighted by Gasteiger charge is -2.23. The molecule has 1 fully saturated rings. The second-order valence-corrected chi connectivity index (χ2v) is 2.89. The van der Waals surface area contributed by atoms with Gasteiger partial charge in [0.15, 0.2) is 0 Å². The van der Waals surface area contributed by atoms with Crippen LogP contribution in [0.3, 0.4) is 0 Å². The van der Waals surface area contributed by atoms with Gasteiger partial charge >= 0.3 is 0 Å². The van der Waals surface area contributed by atoms with Gasteiger partial charge in [-0.05, 0) is 13.8 Å². The Hall–Kier alpha value is -0.120. The molecule has 1 rings (SSSR count). The number of nitrogens with zero attached hydrogens (tertiary/aromatic N) is 1. The minimum absolute atomic E-state index is 0.245. The molecule has 1 aliphatic rings. The first-order valence-corrected chi connectivity index (χ1v) is 3.37. The van der Waals surface area contributed by atoms with E-state index in [9.17, 15) is 0 Å². The SMILES string of the molecule is CC[N+](C)(N)C1OC1C. The molecule has 0 saturated carbocycles. The maximum Gasteiger partial charge on any atom is 0.237 e. The van der Waals surface area contributed by atoms with Crippen molar-refractivity contribution >= 4 is 0 Å². The molecule has 3 nitrogen and oxygen atoms in total. The average Bonchev–Trinajstić information content (AvgIpc) is 2.47. The first-order chi connectivity index (χ1) is 4.08. The van der Waals surface area contributed by atoms with E-state index in [1.54, 1.807) is 0 Å². The molecule has 54 valence electrons. The zero-order chi connectivity index (χ0) is 7.07. The number of quaternary nitrogens is 1. The van der Waals surface area contributed by atoms with Gasteiger partial charge < -0.3 is 4.74 Å². The maximum atomic E-state index is 5.82. The van der Waals surface area contributed by atoms with Gasteiger partial charge in [0.2, 0.25) is 6.23 Å². The maximum absolute atomic E-state index is 5.82. The lowest BCUT2D eigenvalue weighted by atomic mass is 10.4. The fraction of sp³-hybridized carbons (Fsp3) is 1.00. The Balaban J connectivity index is 2.41. The largest absolute Gasteiger partial charge is 0.313 e. The number of nitrogens with two attached hydrogens (primary N) is 1. The first kappa shape index (κ1) is 6.99. The van der Waals surface area contributed by atoms with Crippen LogP contribution in [0.15, 0.2) is 0 Å². The van der Waals surface area contributed by atoms with Crippen molar-refractivity contribution in [1.82, 2.24) is 0 Å². The van der Waals surface area contributed by atoms with Gasteiger partial charge in [0.25, 0.3) is 0 Å². The molecule has 0 bridgehead atoms. The fourth-order valence-corrected chi connectivity index (χ4v) is 0.973. The minimum Gasteiger partial charge on any atom is -0.313 e. The lowest BCUT2D eigenvalue weighted by Crippen LogP contribution is -2.53. The molecule has 0 amide bonds. The van der Waals surface area contributed by atoms with E-state index in [1.807, 2.05) is 14.0 Å². The standard InChI is InChI=1S/C6H15N2O/c1-4-8(3,7)6-5(2)9-6/h5-6H,4,7H2,1-3H3/q+1. The highest BCUT2D eigenvalue weighted by atomic mass is 16.6. The van der Waals surface area contributed by atoms with Crippen molar-refractivity contribution < 1.29 is 9.33 Å². The summed E-state index contributed by atoms with van der Waals surface area (Å²) in [6.45, 7) is 5.03. The normalized spacial score (nSPS) is 40.0. The Morgan fingerprint density at radius 1 is 1.67 bits per heavy atom. The Morgan fingerprint density at radius 3 is 2.22 bits per heavy atom. The second kappa shape index (κ2) is 1.94. The summed E-state index contributed by atoms with van der Waals surface area (Å²) >= 11 is 0. The van der Waals surface area contributed by atoms with Crippen molar-refractivity contribution in [3.63, 3.8) is 0 Å². The highest BCUT2D eigenvalue weighted by molar-refractivity contribution is 4.69. The molecule has 1 saturated heterocycles. The molecule has 0 aromatic rings. The van der Waals surface area contributed by atoms with E-state index in [0.717, 1.165) is 6.54 Å². The molecule has 0 spiro atoms. The van der Waals surface area contributed by atoms with Crippen LogP contribution in [0.5, 0.6) is 0 Å². The molecule has 0 radical (unpaired) electrons. The van der Waals surface area contributed by atoms with Crippen LogP contribution in [0.4, 0.5) is 0 Å². The summed E-state index contributed by atoms with van der Waals surface area (Å²) in [6, 6.07) is 0. The Kier molecular flexibility index (Phi) is 1.50. The van der Waals surface area contributed by atoms with E-state index < -0.39 is 0 Å². The second-order valence-electron chi connectivity index (χ2n) is 2.89. The molecular weight excluding hydrogens is 116 g/mol. The number of rotatable bonds is 2. The summed E-state index contributed by atoms with van der Waals surface area (Å²) in [5.74, 6) is 5.82. The van der Waals surface area contributed by atoms with Crippen LogP contribution in [0, 0.1) is 0 Å². The Bertz CT molecular complexity index is 114. The van der Waals surface area contributed by atoms with Crippen molar-refractivity contribution in [1.29, 1.82) is 0 Å². The number of likely N-dealkylation sites (N-methyl/N-ethyl adjacent to an activating group) is 1. The van der Waals surface area contributed by atoms with Crippen LogP contribution in [-0.2, 0) is 4.74 Å². The van der Waals surface area contributed by atoms with Gasteiger partial charge in [-0.25, -0.2) is 4.59 Å². The van der Waals surface area contributed by atoms with Crippen LogP contribution in [0.2, 0.25) is 0 Å². The summed E-state index contributed by atoms with van der Waals surface area (Å²) in [4.78, 5) is 0. The van der Waals surface area contributed by atoms with Gasteiger partial charge in [0, 0.05) is 0 Å². The van der Waals surface area contributed by atoms with E-state index in [-0.39, 0.29) is 6.23 Å². The van der Waals surface area contributed by atoms with Crippen LogP contribution in [0.25, 0.3) is 0 Å². The molecule has 3 atom stereocenters. The average molecular weight is 131 g/mol. The number of ether oxygens (including phenoxy) is 1. The molecule has 0 aromatic heterocycles. The molecule has 2 N–H and O–H groups in total. The fourth-order valence-electron chi connectivity index (χ4n) is 0.973. The smallest absolute Gasteiger partial charge is 0.237 e. The highest BCUT2D eigenvalue weighted by Gasteiger charge is 2.48. The van der Waals surface area contributed by atoms with Gasteiger partial charge in [0.1, 0.15) is 6.10 Å². The van der Waals surface area contributed by atoms with Crippen molar-refractivity contribution in [2.45, 2.75) is 26.2 Å². The summed E-state index contributed by atoms with van der Waals surface area (Å²) in [5, 5.41) is 0. The van der Waals surface area contributed by atoms with E-state index in [2.05, 4.69) is 6.92 Å². The number of hydrogen-bond acceptors (Lipinski definition) is 2. The van der Waals surface area contributed by atoms with Gasteiger partial charge in [-0.1, -0.05) is 0 Å². The summed E-state index contributed by atoms with van der Waals surface area (Å²) in [7, 11) is 1.98. The third-order valence-corrected chi connectivity index (χ3v) is 1.94. The lowest BCUT2D eigenvalue weighted by molar-refractivity contribution is -0.939. The molecular formula is C6H15N2O+. The predicted octanol–water partition coefficient (Wildman–Crippen LogP) is 0.0714. The summed E-state index contributed by atoms with van der Waals surface area (Å²) in [6.07, 6.45) is 0.606. The van der Waals surface area contributed by atoms with E-state index in [0.29, 0.717) is 10.7 Å². The number of hydrogen-bond donors (Lipinski definition) is 1. The van der Waals surface area contributed by atoms with E-state index in [4.69, 9.17) is 10.6 Å². The molecule has 3 unspecified atom stereocenters. The zero-order valence-corrected chi connectivity index (χ0v) is 6.29. The molecule has 1 heterocycles. The first-order valence-electron chi connectivity index (χ1n) is 3.37. The molecule has 0 aromatic carbocycles. The van der Waals surface area contributed by atoms with Crippen LogP contribution in [-0.4, -0.2) is 30.5 Å². The van der Waals surface area contributed by atoms with Crippen LogP contribution >= 0.6 is 0 Å². The van der Waals surface area contributed by atoms with Gasteiger partial charge in [0.05, 0.1) is 13.6 Å². The van der Waals surface area contributed by atoms with Crippen molar-refractivity contribution in [3.8, 4) is 0 Å². The molecule has 0 aliphatic carbocycles. The van der Waals surface area contributed by atoms with E-state index in [1.165, 1.54) is 0 Å². The topological polar surface area (TPSA) is 38.5 Å². The van der Waals surface area contributed by atoms with Gasteiger partial charge in [-0.3, -0.25) is 0 Å². The zero-order valence-electron chi connectivity index (χ0n) is 6.29. The Labute approximate surface area is 56.0 Å². The number of epoxide rings is 1. The Morgan fingerprint density at radius 2 is 2.11 bits per heavy atom. The third-order valence-electron chi connectivity index (χ3n) is 1.94. The van der Waals surface area contributed by atoms with Crippen molar-refractivity contribution in [2.75, 3.05) is 13.6 Å². The summed E-state index contributed by atoms with van der Waals surface area (Å²) in [5.41, 5.74) is 0. The predicted molar refractivity (Wildman–Crippen MR) is 35.2 cm³/mol. The van der Waals surface area contributed by atoms with Crippen LogP contribution < -0.4 is 5.84 Å². The molecule has 9 heavy (non-hydrogen) atoms. The third kappa shape index (κ3) is 1.23. The van der Waals surface area contributed by atoms with Crippen LogP contribution in [0.1, 0.15) is 13.8 Å². The quantitative estimate of drug-likeness (QED) is 0.249. The molecule has 1 aliphatic heterocycles. The van der Waals surface area contributed by atoms with Crippen molar-refractivity contribution in [3.05, 3.63) is 0 Å². The van der Waals surface area contributed by atoms with Gasteiger partial charge in [-0.15, -0.1) is 0 Å². The monoisotopic (exact) mass is 131 g/mol. The van der Waals surface area contributed by atoms with Crippen molar-refractivity contribution in [2.24, 2.45) is 5.84 Å². The summed E-state index contributed by atoms with van der Waals surface area (Å²) < 4.78 is 5.72. The molecule has 3 heteroatoms. The highest BCUT2D eigenvalue weighted by Crippen LogP contribution is 2.26. The van der Waals surface area contributed by atoms with Gasteiger partial charge in [-0.2, -0.15) is 5.84 Å².